The molecule has 2 N–H and O–H groups in total. The summed E-state index contributed by atoms with van der Waals surface area (Å²) in [6.07, 6.45) is -4.65. The van der Waals surface area contributed by atoms with Gasteiger partial charge < -0.3 is 5.73 Å². The maximum atomic E-state index is 12.7. The van der Waals surface area contributed by atoms with Gasteiger partial charge in [0.15, 0.2) is 0 Å². The summed E-state index contributed by atoms with van der Waals surface area (Å²) in [4.78, 5) is 23.6. The van der Waals surface area contributed by atoms with Crippen molar-refractivity contribution in [2.24, 2.45) is 7.05 Å². The zero-order valence-electron chi connectivity index (χ0n) is 10.9. The second-order valence-corrected chi connectivity index (χ2v) is 5.19. The van der Waals surface area contributed by atoms with Crippen LogP contribution in [0.4, 0.5) is 19.0 Å². The molecule has 0 aliphatic rings. The summed E-state index contributed by atoms with van der Waals surface area (Å²) >= 11 is 11.6. The van der Waals surface area contributed by atoms with Crippen LogP contribution in [0.15, 0.2) is 27.8 Å². The van der Waals surface area contributed by atoms with Crippen LogP contribution in [0.5, 0.6) is 0 Å². The minimum absolute atomic E-state index is 0.227. The minimum Gasteiger partial charge on any atom is -0.385 e. The summed E-state index contributed by atoms with van der Waals surface area (Å²) in [6.45, 7) is 0. The van der Waals surface area contributed by atoms with E-state index >= 15 is 0 Å². The summed E-state index contributed by atoms with van der Waals surface area (Å²) in [7, 11) is 1.19. The summed E-state index contributed by atoms with van der Waals surface area (Å²) in [5.74, 6) is -0.295. The van der Waals surface area contributed by atoms with Crippen molar-refractivity contribution >= 4 is 29.0 Å². The summed E-state index contributed by atoms with van der Waals surface area (Å²) in [5.41, 5.74) is 2.75. The van der Waals surface area contributed by atoms with Crippen LogP contribution in [0.2, 0.25) is 10.0 Å². The Morgan fingerprint density at radius 3 is 2.05 bits per heavy atom. The second-order valence-electron chi connectivity index (χ2n) is 4.37. The molecule has 0 atom stereocenters. The van der Waals surface area contributed by atoms with E-state index in [0.717, 1.165) is 15.2 Å². The third-order valence-corrected chi connectivity index (χ3v) is 3.48. The average molecular weight is 354 g/mol. The molecule has 0 radical (unpaired) electrons. The van der Waals surface area contributed by atoms with Crippen LogP contribution in [0.3, 0.4) is 0 Å². The monoisotopic (exact) mass is 353 g/mol. The normalized spacial score (nSPS) is 11.7. The number of hydrogen-bond acceptors (Lipinski definition) is 3. The fraction of sp³-hybridized carbons (Fsp3) is 0.167. The lowest BCUT2D eigenvalue weighted by Crippen LogP contribution is -2.38. The number of alkyl halides is 3. The van der Waals surface area contributed by atoms with Crippen LogP contribution < -0.4 is 17.0 Å². The molecule has 1 heterocycles. The first kappa shape index (κ1) is 16.4. The summed E-state index contributed by atoms with van der Waals surface area (Å²) in [6, 6.07) is 2.19. The predicted octanol–water partition coefficient (Wildman–Crippen LogP) is 2.44. The molecule has 0 aliphatic carbocycles. The smallest absolute Gasteiger partial charge is 0.385 e. The van der Waals surface area contributed by atoms with Gasteiger partial charge in [-0.3, -0.25) is 9.36 Å². The Labute approximate surface area is 131 Å². The standard InChI is InChI=1S/C12H8Cl2F3N3O2/c1-19-9(21)4-8(18)20(11(19)22)10-6(13)2-5(3-7(10)14)12(15,16)17/h2-4H,18H2,1H3. The maximum Gasteiger partial charge on any atom is 0.416 e. The number of nitrogen functional groups attached to an aromatic ring is 1. The topological polar surface area (TPSA) is 70.0 Å². The molecular weight excluding hydrogens is 346 g/mol. The van der Waals surface area contributed by atoms with Gasteiger partial charge in [0.05, 0.1) is 21.3 Å². The van der Waals surface area contributed by atoms with Crippen molar-refractivity contribution in [2.45, 2.75) is 6.18 Å². The molecule has 0 fully saturated rings. The highest BCUT2D eigenvalue weighted by Gasteiger charge is 2.32. The maximum absolute atomic E-state index is 12.7. The van der Waals surface area contributed by atoms with E-state index < -0.39 is 33.0 Å². The van der Waals surface area contributed by atoms with Crippen molar-refractivity contribution in [3.05, 3.63) is 54.6 Å². The molecule has 2 aromatic rings. The van der Waals surface area contributed by atoms with Crippen LogP contribution >= 0.6 is 23.2 Å². The second kappa shape index (κ2) is 5.36. The molecule has 1 aromatic carbocycles. The van der Waals surface area contributed by atoms with E-state index in [-0.39, 0.29) is 11.5 Å². The van der Waals surface area contributed by atoms with Crippen LogP contribution in [0.25, 0.3) is 5.69 Å². The van der Waals surface area contributed by atoms with Crippen molar-refractivity contribution < 1.29 is 13.2 Å². The quantitative estimate of drug-likeness (QED) is 0.855. The highest BCUT2D eigenvalue weighted by atomic mass is 35.5. The van der Waals surface area contributed by atoms with Crippen molar-refractivity contribution in [3.8, 4) is 5.69 Å². The number of aromatic nitrogens is 2. The van der Waals surface area contributed by atoms with E-state index in [0.29, 0.717) is 12.1 Å². The van der Waals surface area contributed by atoms with Crippen LogP contribution in [-0.2, 0) is 13.2 Å². The third-order valence-electron chi connectivity index (χ3n) is 2.91. The van der Waals surface area contributed by atoms with Crippen molar-refractivity contribution in [3.63, 3.8) is 0 Å². The summed E-state index contributed by atoms with van der Waals surface area (Å²) in [5, 5.41) is -0.848. The lowest BCUT2D eigenvalue weighted by Gasteiger charge is -2.16. The van der Waals surface area contributed by atoms with Crippen LogP contribution in [0, 0.1) is 0 Å². The van der Waals surface area contributed by atoms with Crippen molar-refractivity contribution in [1.82, 2.24) is 9.13 Å². The molecule has 1 aromatic heterocycles. The zero-order chi connectivity index (χ0) is 16.8. The Bertz CT molecular complexity index is 848. The SMILES string of the molecule is Cn1c(=O)cc(N)n(-c2c(Cl)cc(C(F)(F)F)cc2Cl)c1=O. The van der Waals surface area contributed by atoms with Gasteiger partial charge in [-0.2, -0.15) is 13.2 Å². The van der Waals surface area contributed by atoms with Gasteiger partial charge in [-0.1, -0.05) is 23.2 Å². The Kier molecular flexibility index (Phi) is 4.01. The van der Waals surface area contributed by atoms with Gasteiger partial charge in [-0.25, -0.2) is 9.36 Å². The number of rotatable bonds is 1. The highest BCUT2D eigenvalue weighted by Crippen LogP contribution is 2.37. The average Bonchev–Trinajstić information content (AvgIpc) is 2.38. The number of anilines is 1. The Hall–Kier alpha value is -1.93. The molecular formula is C12H8Cl2F3N3O2. The van der Waals surface area contributed by atoms with E-state index in [1.54, 1.807) is 0 Å². The first-order valence-electron chi connectivity index (χ1n) is 5.69. The molecule has 0 spiro atoms. The Morgan fingerprint density at radius 2 is 1.59 bits per heavy atom. The van der Waals surface area contributed by atoms with Gasteiger partial charge in [-0.15, -0.1) is 0 Å². The van der Waals surface area contributed by atoms with E-state index in [2.05, 4.69) is 0 Å². The molecule has 22 heavy (non-hydrogen) atoms. The first-order chi connectivity index (χ1) is 10.0. The lowest BCUT2D eigenvalue weighted by molar-refractivity contribution is -0.137. The predicted molar refractivity (Wildman–Crippen MR) is 76.7 cm³/mol. The van der Waals surface area contributed by atoms with Gasteiger partial charge in [0.1, 0.15) is 5.82 Å². The van der Waals surface area contributed by atoms with Gasteiger partial charge in [0.25, 0.3) is 5.56 Å². The van der Waals surface area contributed by atoms with Gasteiger partial charge >= 0.3 is 11.9 Å². The van der Waals surface area contributed by atoms with Gasteiger partial charge in [0, 0.05) is 13.1 Å². The number of nitrogens with zero attached hydrogens (tertiary/aromatic N) is 2. The fourth-order valence-electron chi connectivity index (χ4n) is 1.81. The van der Waals surface area contributed by atoms with E-state index in [4.69, 9.17) is 28.9 Å². The third kappa shape index (κ3) is 2.71. The lowest BCUT2D eigenvalue weighted by atomic mass is 10.2. The van der Waals surface area contributed by atoms with Crippen LogP contribution in [-0.4, -0.2) is 9.13 Å². The number of hydrogen-bond donors (Lipinski definition) is 1. The molecule has 0 aliphatic heterocycles. The van der Waals surface area contributed by atoms with Crippen LogP contribution in [0.1, 0.15) is 5.56 Å². The fourth-order valence-corrected chi connectivity index (χ4v) is 2.47. The molecule has 0 unspecified atom stereocenters. The molecule has 0 saturated carbocycles. The minimum atomic E-state index is -4.65. The van der Waals surface area contributed by atoms with E-state index in [1.165, 1.54) is 7.05 Å². The molecule has 0 bridgehead atoms. The van der Waals surface area contributed by atoms with Crippen molar-refractivity contribution in [1.29, 1.82) is 0 Å². The number of halogens is 5. The largest absolute Gasteiger partial charge is 0.416 e. The number of benzene rings is 1. The van der Waals surface area contributed by atoms with E-state index in [9.17, 15) is 22.8 Å². The molecule has 5 nitrogen and oxygen atoms in total. The molecule has 0 amide bonds. The molecule has 0 saturated heterocycles. The first-order valence-corrected chi connectivity index (χ1v) is 6.45. The molecule has 118 valence electrons. The highest BCUT2D eigenvalue weighted by molar-refractivity contribution is 6.38. The molecule has 10 heteroatoms. The Morgan fingerprint density at radius 1 is 1.09 bits per heavy atom. The Balaban J connectivity index is 2.84. The zero-order valence-corrected chi connectivity index (χ0v) is 12.4. The summed E-state index contributed by atoms with van der Waals surface area (Å²) < 4.78 is 39.6. The number of nitrogens with two attached hydrogens (primary N) is 1. The van der Waals surface area contributed by atoms with Gasteiger partial charge in [-0.05, 0) is 12.1 Å². The van der Waals surface area contributed by atoms with Gasteiger partial charge in [0.2, 0.25) is 0 Å². The van der Waals surface area contributed by atoms with Crippen molar-refractivity contribution in [2.75, 3.05) is 5.73 Å². The van der Waals surface area contributed by atoms with E-state index in [1.807, 2.05) is 0 Å². The molecule has 2 rings (SSSR count).